The number of aromatic hydroxyl groups is 1. The topological polar surface area (TPSA) is 265 Å². The Kier molecular flexibility index (Phi) is 30.1. The van der Waals surface area contributed by atoms with Gasteiger partial charge in [0.2, 0.25) is 21.7 Å². The van der Waals surface area contributed by atoms with E-state index in [9.17, 15) is 39.3 Å². The van der Waals surface area contributed by atoms with Gasteiger partial charge < -0.3 is 67.5 Å². The number of pyridine rings is 4. The zero-order valence-corrected chi connectivity index (χ0v) is 80.6. The van der Waals surface area contributed by atoms with E-state index in [1.54, 1.807) is 43.0 Å². The quantitative estimate of drug-likeness (QED) is 0.0355. The number of aliphatic hydroxyl groups excluding tert-OH is 2. The Morgan fingerprint density at radius 1 is 0.315 bits per heavy atom. The van der Waals surface area contributed by atoms with Gasteiger partial charge in [0.25, 0.3) is 0 Å². The summed E-state index contributed by atoms with van der Waals surface area (Å²) >= 11 is 0. The van der Waals surface area contributed by atoms with Crippen molar-refractivity contribution in [1.82, 2.24) is 56.5 Å². The second-order valence-corrected chi connectivity index (χ2v) is 35.1. The molecule has 0 unspecified atom stereocenters. The largest absolute Gasteiger partial charge is 1.00 e. The van der Waals surface area contributed by atoms with Crippen molar-refractivity contribution >= 4 is 20.8 Å². The number of hydrogen-bond donors (Lipinski definition) is 3. The molecule has 4 atom stereocenters. The van der Waals surface area contributed by atoms with Crippen molar-refractivity contribution in [2.24, 2.45) is 0 Å². The number of benzene rings is 11. The zero-order valence-electron chi connectivity index (χ0n) is 79.6. The molecule has 8 aromatic heterocycles. The van der Waals surface area contributed by atoms with Crippen LogP contribution >= 0.6 is 0 Å². The summed E-state index contributed by atoms with van der Waals surface area (Å²) in [6.45, 7) is 6.86. The van der Waals surface area contributed by atoms with E-state index >= 15 is 0 Å². The van der Waals surface area contributed by atoms with Gasteiger partial charge in [0.1, 0.15) is 48.3 Å². The summed E-state index contributed by atoms with van der Waals surface area (Å²) in [6, 6.07) is 118. The van der Waals surface area contributed by atoms with Crippen LogP contribution in [0, 0.1) is 0 Å². The number of aromatic nitrogens is 12. The van der Waals surface area contributed by atoms with Gasteiger partial charge in [-0.15, -0.1) is 0 Å². The van der Waals surface area contributed by atoms with Gasteiger partial charge in [-0.1, -0.05) is 340 Å². The predicted octanol–water partition coefficient (Wildman–Crippen LogP) is 17.0. The fourth-order valence-corrected chi connectivity index (χ4v) is 20.4. The van der Waals surface area contributed by atoms with E-state index < -0.39 is 5.43 Å². The zero-order chi connectivity index (χ0) is 96.2. The molecule has 11 aromatic carbocycles. The summed E-state index contributed by atoms with van der Waals surface area (Å²) in [7, 11) is 0. The third-order valence-electron chi connectivity index (χ3n) is 26.9. The van der Waals surface area contributed by atoms with Crippen molar-refractivity contribution in [3.63, 3.8) is 0 Å². The molecule has 0 bridgehead atoms. The summed E-state index contributed by atoms with van der Waals surface area (Å²) in [5, 5.41) is 30.6. The van der Waals surface area contributed by atoms with Crippen LogP contribution in [0.4, 0.5) is 0 Å². The van der Waals surface area contributed by atoms with Crippen molar-refractivity contribution in [3.05, 3.63) is 539 Å². The number of carbonyl (C=O) groups is 1. The van der Waals surface area contributed by atoms with E-state index in [1.165, 1.54) is 28.3 Å². The maximum Gasteiger partial charge on any atom is 1.00 e. The van der Waals surface area contributed by atoms with Gasteiger partial charge in [0.15, 0.2) is 52.6 Å². The number of ether oxygens (including phenoxy) is 3. The summed E-state index contributed by atoms with van der Waals surface area (Å²) in [5.74, 6) is 2.85. The van der Waals surface area contributed by atoms with Crippen molar-refractivity contribution in [3.8, 4) is 69.1 Å². The number of nitrogens with zero attached hydrogens (tertiary/aromatic N) is 12. The van der Waals surface area contributed by atoms with Crippen LogP contribution in [0.1, 0.15) is 138 Å². The molecule has 3 radical (unpaired) electrons. The molecule has 0 amide bonds. The fraction of sp³-hybridized carbons (Fsp3) is 0.144. The van der Waals surface area contributed by atoms with E-state index in [-0.39, 0.29) is 147 Å². The summed E-state index contributed by atoms with van der Waals surface area (Å²) < 4.78 is 35.0. The second-order valence-electron chi connectivity index (χ2n) is 35.1. The van der Waals surface area contributed by atoms with E-state index in [1.807, 2.05) is 237 Å². The molecule has 4 aliphatic heterocycles. The number of carbonyl (C=O) groups excluding carboxylic acids is 1. The minimum absolute atomic E-state index is 0. The number of rotatable bonds is 25. The first-order valence-corrected chi connectivity index (χ1v) is 47.0. The average Bonchev–Trinajstić information content (AvgIpc) is 1.49. The van der Waals surface area contributed by atoms with Crippen LogP contribution in [0.5, 0.6) is 23.0 Å². The Morgan fingerprint density at radius 3 is 0.804 bits per heavy atom. The maximum atomic E-state index is 13.2. The Bertz CT molecular complexity index is 7460. The number of aldehydes is 1. The minimum Gasteiger partial charge on any atom is -1.00 e. The molecule has 0 saturated heterocycles. The molecule has 703 valence electrons. The van der Waals surface area contributed by atoms with Gasteiger partial charge in [0, 0.05) is 107 Å². The smallest absolute Gasteiger partial charge is 1.00 e. The average molecular weight is 1900 g/mol. The number of fused-ring (bicyclic) bond motifs is 12. The molecule has 25 heteroatoms. The molecule has 23 nitrogen and oxygen atoms in total. The Labute approximate surface area is 851 Å². The molecule has 3 N–H and O–H groups in total. The molecule has 0 spiro atoms. The third-order valence-corrected chi connectivity index (χ3v) is 26.9. The first kappa shape index (κ1) is 96.9. The third kappa shape index (κ3) is 19.9. The molecule has 23 rings (SSSR count). The molecule has 0 aliphatic carbocycles. The molecule has 0 fully saturated rings. The molecule has 4 aliphatic rings. The number of aliphatic hydroxyl groups is 2. The van der Waals surface area contributed by atoms with Crippen LogP contribution in [0.2, 0.25) is 0 Å². The van der Waals surface area contributed by atoms with Gasteiger partial charge in [-0.3, -0.25) is 24.0 Å². The Balaban J connectivity index is 0.000000131. The second kappa shape index (κ2) is 44.4. The van der Waals surface area contributed by atoms with Crippen LogP contribution in [0.25, 0.3) is 52.1 Å². The maximum absolute atomic E-state index is 13.2. The molecule has 19 aromatic rings. The molecular weight excluding hydrogens is 1800 g/mol. The van der Waals surface area contributed by atoms with Crippen LogP contribution in [0.15, 0.2) is 433 Å². The summed E-state index contributed by atoms with van der Waals surface area (Å²) in [5.41, 5.74) is 16.3. The minimum atomic E-state index is -0.446. The van der Waals surface area contributed by atoms with Gasteiger partial charge in [0.05, 0.1) is 79.3 Å². The Morgan fingerprint density at radius 2 is 0.538 bits per heavy atom. The molecular formula is C118H101BN12NaO11. The SMILES string of the molecule is C=Cc1cnc2n1C[C@H](C(c1ccccc1)c1ccccc1)n1ccc(=O)c(OCc3ccccc3)c1-2.O=Cc1cnc2n1C[C@H](C(c1ccccc1)c1ccccc1)n1ccc(=O)c(OCc3ccccc3)c1-2.O=c1ccn2c(c1O)-c1ncc(CO)n1C[C@@H]2C(c1ccccc1)c1ccccc1.O=c1ccn2c(c1OCc1ccccc1)-c1ncc(CO)n1C[C@@H]2C(c1ccccc1)c1ccccc1.[B].[H-].[Na+]. The Hall–Kier alpha value is -16.3. The molecule has 143 heavy (non-hydrogen) atoms. The predicted molar refractivity (Wildman–Crippen MR) is 551 cm³/mol. The van der Waals surface area contributed by atoms with Crippen LogP contribution in [-0.4, -0.2) is 86.5 Å². The standard InChI is InChI=1S/C32H27N3O2.C31H27N3O3.C31H25N3O3.C24H21N3O3.B.Na.H/c1-2-26-20-33-32-30-31(37-22-23-12-6-3-7-13-23)28(36)18-19-34(30)27(21-35(26)32)29(24-14-8-4-9-15-24)25-16-10-5-11-17-25;2*35-20-25-18-32-31-29-30(37-21-22-10-4-1-5-11-22)27(36)16-17-33(29)26(19-34(25)31)28(23-12-6-2-7-13-23)24-14-8-3-9-15-24;28-15-18-13-25-24-22-23(30)20(29)11-12-26(22)19(14-27(18)24)21(16-7-3-1-4-8-16)17-9-5-2-6-10-17;;;/h2-20,27,29H,1,21-22H2;1-18,26,28,35H,19-21H2;1-18,20,26,28H,19,21H2;1-13,19,21,28,30H,14-15H2;;;/q;;;;;+1;-1/t27-;2*26-;19-;;;/m1111.../s1. The summed E-state index contributed by atoms with van der Waals surface area (Å²) in [4.78, 5) is 82.1. The first-order valence-electron chi connectivity index (χ1n) is 47.0. The van der Waals surface area contributed by atoms with Crippen molar-refractivity contribution in [2.45, 2.75) is 107 Å². The van der Waals surface area contributed by atoms with Crippen molar-refractivity contribution in [2.75, 3.05) is 0 Å². The fourth-order valence-electron chi connectivity index (χ4n) is 20.4. The van der Waals surface area contributed by atoms with E-state index in [0.29, 0.717) is 102 Å². The molecule has 0 saturated carbocycles. The number of hydrogen-bond acceptors (Lipinski definition) is 15. The molecule has 12 heterocycles. The van der Waals surface area contributed by atoms with Gasteiger partial charge in [-0.05, 0) is 67.3 Å². The van der Waals surface area contributed by atoms with Crippen LogP contribution in [-0.2, 0) is 59.2 Å². The summed E-state index contributed by atoms with van der Waals surface area (Å²) in [6.07, 6.45) is 16.6. The van der Waals surface area contributed by atoms with E-state index in [2.05, 4.69) is 185 Å². The van der Waals surface area contributed by atoms with Crippen LogP contribution in [0.3, 0.4) is 0 Å². The van der Waals surface area contributed by atoms with E-state index in [4.69, 9.17) is 19.2 Å². The van der Waals surface area contributed by atoms with Crippen molar-refractivity contribution in [1.29, 1.82) is 0 Å². The van der Waals surface area contributed by atoms with Gasteiger partial charge in [-0.25, -0.2) is 19.9 Å². The number of imidazole rings is 4. The normalized spacial score (nSPS) is 14.2. The van der Waals surface area contributed by atoms with E-state index in [0.717, 1.165) is 50.9 Å². The van der Waals surface area contributed by atoms with Gasteiger partial charge >= 0.3 is 29.6 Å². The first-order chi connectivity index (χ1) is 69.4. The van der Waals surface area contributed by atoms with Crippen LogP contribution < -0.4 is 65.5 Å². The monoisotopic (exact) mass is 1900 g/mol. The van der Waals surface area contributed by atoms with Crippen molar-refractivity contribution < 1.29 is 65.3 Å². The van der Waals surface area contributed by atoms with Gasteiger partial charge in [-0.2, -0.15) is 0 Å².